The number of esters is 1. The minimum absolute atomic E-state index is 0.00570. The lowest BCUT2D eigenvalue weighted by atomic mass is 10.1. The molecule has 0 bridgehead atoms. The summed E-state index contributed by atoms with van der Waals surface area (Å²) in [6.45, 7) is -2.86. The van der Waals surface area contributed by atoms with Gasteiger partial charge in [-0.15, -0.1) is 0 Å². The molecule has 2 aromatic carbocycles. The molecule has 6 nitrogen and oxygen atoms in total. The van der Waals surface area contributed by atoms with Crippen LogP contribution in [-0.4, -0.2) is 37.4 Å². The number of hydrogen-bond acceptors (Lipinski definition) is 5. The van der Waals surface area contributed by atoms with Gasteiger partial charge in [0.15, 0.2) is 12.4 Å². The number of halogens is 2. The summed E-state index contributed by atoms with van der Waals surface area (Å²) in [7, 11) is 0. The lowest BCUT2D eigenvalue weighted by molar-refractivity contribution is -0.117. The standard InChI is InChI=1S/C20H17F2NO5/c21-20(22)28-16-4-1-3-14(11-16)19(26)27-12-17(24)13-6-8-15(9-7-13)23-10-2-5-18(23)25/h1,3-4,6-9,11,20H,2,5,10,12H2. The summed E-state index contributed by atoms with van der Waals surface area (Å²) >= 11 is 0. The van der Waals surface area contributed by atoms with Gasteiger partial charge in [-0.2, -0.15) is 8.78 Å². The van der Waals surface area contributed by atoms with Crippen molar-refractivity contribution in [1.29, 1.82) is 0 Å². The average molecular weight is 389 g/mol. The Labute approximate surface area is 159 Å². The monoisotopic (exact) mass is 389 g/mol. The number of ether oxygens (including phenoxy) is 2. The fourth-order valence-electron chi connectivity index (χ4n) is 2.85. The molecule has 2 aromatic rings. The van der Waals surface area contributed by atoms with E-state index in [-0.39, 0.29) is 17.2 Å². The van der Waals surface area contributed by atoms with Crippen molar-refractivity contribution in [2.75, 3.05) is 18.1 Å². The van der Waals surface area contributed by atoms with Crippen LogP contribution in [0.3, 0.4) is 0 Å². The highest BCUT2D eigenvalue weighted by Crippen LogP contribution is 2.22. The van der Waals surface area contributed by atoms with Gasteiger partial charge in [-0.1, -0.05) is 6.07 Å². The van der Waals surface area contributed by atoms with E-state index in [2.05, 4.69) is 4.74 Å². The van der Waals surface area contributed by atoms with Gasteiger partial charge in [0.1, 0.15) is 5.75 Å². The molecule has 1 fully saturated rings. The van der Waals surface area contributed by atoms with Gasteiger partial charge in [-0.05, 0) is 48.9 Å². The number of rotatable bonds is 7. The maximum atomic E-state index is 12.2. The Kier molecular flexibility index (Phi) is 5.98. The van der Waals surface area contributed by atoms with E-state index in [1.165, 1.54) is 18.2 Å². The van der Waals surface area contributed by atoms with E-state index >= 15 is 0 Å². The summed E-state index contributed by atoms with van der Waals surface area (Å²) < 4.78 is 33.7. The summed E-state index contributed by atoms with van der Waals surface area (Å²) in [4.78, 5) is 37.6. The molecule has 3 rings (SSSR count). The van der Waals surface area contributed by atoms with Crippen LogP contribution in [-0.2, 0) is 9.53 Å². The summed E-state index contributed by atoms with van der Waals surface area (Å²) in [5.41, 5.74) is 1.04. The lowest BCUT2D eigenvalue weighted by Crippen LogP contribution is -2.23. The van der Waals surface area contributed by atoms with Gasteiger partial charge < -0.3 is 14.4 Å². The largest absolute Gasteiger partial charge is 0.454 e. The Balaban J connectivity index is 1.57. The quantitative estimate of drug-likeness (QED) is 0.536. The first-order chi connectivity index (χ1) is 13.4. The third-order valence-corrected chi connectivity index (χ3v) is 4.20. The van der Waals surface area contributed by atoms with Crippen molar-refractivity contribution in [2.24, 2.45) is 0 Å². The molecule has 0 aromatic heterocycles. The Bertz CT molecular complexity index is 882. The topological polar surface area (TPSA) is 72.9 Å². The van der Waals surface area contributed by atoms with Gasteiger partial charge in [0.2, 0.25) is 5.91 Å². The summed E-state index contributed by atoms with van der Waals surface area (Å²) in [6, 6.07) is 11.6. The van der Waals surface area contributed by atoms with E-state index in [4.69, 9.17) is 4.74 Å². The SMILES string of the molecule is O=C(COC(=O)c1cccc(OC(F)F)c1)c1ccc(N2CCCC2=O)cc1. The Morgan fingerprint density at radius 3 is 2.46 bits per heavy atom. The van der Waals surface area contributed by atoms with Gasteiger partial charge in [0, 0.05) is 24.2 Å². The summed E-state index contributed by atoms with van der Waals surface area (Å²) in [5.74, 6) is -1.38. The van der Waals surface area contributed by atoms with Gasteiger partial charge in [0.25, 0.3) is 0 Å². The second-order valence-electron chi connectivity index (χ2n) is 6.10. The molecule has 1 aliphatic rings. The predicted molar refractivity (Wildman–Crippen MR) is 95.7 cm³/mol. The fraction of sp³-hybridized carbons (Fsp3) is 0.250. The van der Waals surface area contributed by atoms with Crippen LogP contribution < -0.4 is 9.64 Å². The van der Waals surface area contributed by atoms with Crippen LogP contribution in [0.1, 0.15) is 33.6 Å². The zero-order valence-electron chi connectivity index (χ0n) is 14.8. The van der Waals surface area contributed by atoms with E-state index in [1.807, 2.05) is 0 Å². The average Bonchev–Trinajstić information content (AvgIpc) is 3.11. The first kappa shape index (κ1) is 19.5. The van der Waals surface area contributed by atoms with E-state index in [1.54, 1.807) is 29.2 Å². The highest BCUT2D eigenvalue weighted by atomic mass is 19.3. The van der Waals surface area contributed by atoms with Crippen molar-refractivity contribution in [3.8, 4) is 5.75 Å². The van der Waals surface area contributed by atoms with Crippen molar-refractivity contribution >= 4 is 23.3 Å². The van der Waals surface area contributed by atoms with Crippen LogP contribution in [0.4, 0.5) is 14.5 Å². The number of carbonyl (C=O) groups is 3. The number of benzene rings is 2. The smallest absolute Gasteiger partial charge is 0.387 e. The van der Waals surface area contributed by atoms with Gasteiger partial charge in [0.05, 0.1) is 5.56 Å². The number of nitrogens with zero attached hydrogens (tertiary/aromatic N) is 1. The molecule has 0 aliphatic carbocycles. The second kappa shape index (κ2) is 8.60. The number of hydrogen-bond donors (Lipinski definition) is 0. The summed E-state index contributed by atoms with van der Waals surface area (Å²) in [5, 5.41) is 0. The number of alkyl halides is 2. The van der Waals surface area contributed by atoms with Crippen LogP contribution >= 0.6 is 0 Å². The number of ketones is 1. The third-order valence-electron chi connectivity index (χ3n) is 4.20. The number of anilines is 1. The predicted octanol–water partition coefficient (Wildman–Crippen LogP) is 3.45. The van der Waals surface area contributed by atoms with E-state index in [0.29, 0.717) is 24.2 Å². The molecule has 146 valence electrons. The molecule has 1 amide bonds. The molecule has 0 N–H and O–H groups in total. The minimum Gasteiger partial charge on any atom is -0.454 e. The van der Waals surface area contributed by atoms with Gasteiger partial charge in [-0.3, -0.25) is 9.59 Å². The summed E-state index contributed by atoms with van der Waals surface area (Å²) in [6.07, 6.45) is 1.32. The maximum absolute atomic E-state index is 12.2. The molecule has 1 heterocycles. The van der Waals surface area contributed by atoms with Crippen molar-refractivity contribution in [3.05, 3.63) is 59.7 Å². The van der Waals surface area contributed by atoms with Gasteiger partial charge in [-0.25, -0.2) is 4.79 Å². The highest BCUT2D eigenvalue weighted by Gasteiger charge is 2.22. The molecule has 8 heteroatoms. The van der Waals surface area contributed by atoms with Crippen LogP contribution in [0, 0.1) is 0 Å². The van der Waals surface area contributed by atoms with E-state index in [0.717, 1.165) is 12.5 Å². The van der Waals surface area contributed by atoms with Crippen LogP contribution in [0.5, 0.6) is 5.75 Å². The third kappa shape index (κ3) is 4.70. The zero-order chi connectivity index (χ0) is 20.1. The Morgan fingerprint density at radius 2 is 1.82 bits per heavy atom. The molecule has 1 aliphatic heterocycles. The molecule has 0 atom stereocenters. The van der Waals surface area contributed by atoms with Gasteiger partial charge >= 0.3 is 12.6 Å². The highest BCUT2D eigenvalue weighted by molar-refractivity contribution is 6.00. The van der Waals surface area contributed by atoms with Crippen molar-refractivity contribution < 1.29 is 32.6 Å². The maximum Gasteiger partial charge on any atom is 0.387 e. The molecular weight excluding hydrogens is 372 g/mol. The van der Waals surface area contributed by atoms with E-state index < -0.39 is 25.0 Å². The molecule has 0 unspecified atom stereocenters. The zero-order valence-corrected chi connectivity index (χ0v) is 14.8. The lowest BCUT2D eigenvalue weighted by Gasteiger charge is -2.15. The Morgan fingerprint density at radius 1 is 1.07 bits per heavy atom. The molecule has 28 heavy (non-hydrogen) atoms. The molecule has 0 radical (unpaired) electrons. The molecule has 1 saturated heterocycles. The number of carbonyl (C=O) groups excluding carboxylic acids is 3. The van der Waals surface area contributed by atoms with Crippen molar-refractivity contribution in [2.45, 2.75) is 19.5 Å². The van der Waals surface area contributed by atoms with Crippen LogP contribution in [0.2, 0.25) is 0 Å². The van der Waals surface area contributed by atoms with Crippen LogP contribution in [0.15, 0.2) is 48.5 Å². The number of amides is 1. The molecular formula is C20H17F2NO5. The van der Waals surface area contributed by atoms with Crippen molar-refractivity contribution in [3.63, 3.8) is 0 Å². The molecule has 0 saturated carbocycles. The van der Waals surface area contributed by atoms with E-state index in [9.17, 15) is 23.2 Å². The molecule has 0 spiro atoms. The minimum atomic E-state index is -3.01. The fourth-order valence-corrected chi connectivity index (χ4v) is 2.85. The Hall–Kier alpha value is -3.29. The number of Topliss-reactive ketones (excluding diaryl/α,β-unsaturated/α-hetero) is 1. The normalized spacial score (nSPS) is 13.7. The first-order valence-corrected chi connectivity index (χ1v) is 8.59. The van der Waals surface area contributed by atoms with Crippen LogP contribution in [0.25, 0.3) is 0 Å². The van der Waals surface area contributed by atoms with Crippen molar-refractivity contribution in [1.82, 2.24) is 0 Å². The second-order valence-corrected chi connectivity index (χ2v) is 6.10. The first-order valence-electron chi connectivity index (χ1n) is 8.59.